The van der Waals surface area contributed by atoms with E-state index in [0.717, 1.165) is 22.7 Å². The van der Waals surface area contributed by atoms with Crippen LogP contribution >= 0.6 is 0 Å². The molecule has 3 aromatic rings. The molecule has 0 aliphatic heterocycles. The maximum Gasteiger partial charge on any atom is 0.220 e. The molecule has 0 fully saturated rings. The van der Waals surface area contributed by atoms with Crippen molar-refractivity contribution in [3.63, 3.8) is 0 Å². The summed E-state index contributed by atoms with van der Waals surface area (Å²) in [6, 6.07) is 15.8. The maximum absolute atomic E-state index is 12.0. The Hall–Kier alpha value is -3.15. The molecule has 0 unspecified atom stereocenters. The minimum Gasteiger partial charge on any atom is -0.497 e. The molecule has 6 heteroatoms. The molecule has 140 valence electrons. The predicted molar refractivity (Wildman–Crippen MR) is 105 cm³/mol. The average molecular weight is 364 g/mol. The molecule has 1 amide bonds. The summed E-state index contributed by atoms with van der Waals surface area (Å²) in [5.74, 6) is 2.29. The lowest BCUT2D eigenvalue weighted by molar-refractivity contribution is -0.121. The molecular weight excluding hydrogens is 340 g/mol. The number of amides is 1. The molecular formula is C21H24N4O2. The molecule has 0 atom stereocenters. The molecule has 0 bridgehead atoms. The molecule has 3 rings (SSSR count). The van der Waals surface area contributed by atoms with Crippen molar-refractivity contribution < 1.29 is 9.53 Å². The quantitative estimate of drug-likeness (QED) is 0.644. The highest BCUT2D eigenvalue weighted by Gasteiger charge is 2.07. The summed E-state index contributed by atoms with van der Waals surface area (Å²) in [5.41, 5.74) is 3.29. The van der Waals surface area contributed by atoms with Gasteiger partial charge in [-0.2, -0.15) is 5.10 Å². The van der Waals surface area contributed by atoms with E-state index >= 15 is 0 Å². The number of hydrogen-bond acceptors (Lipinski definition) is 4. The highest BCUT2D eigenvalue weighted by molar-refractivity contribution is 5.76. The number of carbonyl (C=O) groups is 1. The van der Waals surface area contributed by atoms with Gasteiger partial charge in [0.25, 0.3) is 0 Å². The van der Waals surface area contributed by atoms with Gasteiger partial charge in [-0.1, -0.05) is 42.0 Å². The van der Waals surface area contributed by atoms with E-state index in [1.165, 1.54) is 5.56 Å². The van der Waals surface area contributed by atoms with Crippen molar-refractivity contribution in [2.75, 3.05) is 13.7 Å². The van der Waals surface area contributed by atoms with Crippen LogP contribution in [0.1, 0.15) is 23.4 Å². The van der Waals surface area contributed by atoms with E-state index in [-0.39, 0.29) is 5.91 Å². The fraction of sp³-hybridized carbons (Fsp3) is 0.286. The van der Waals surface area contributed by atoms with Crippen LogP contribution in [-0.2, 0) is 17.6 Å². The molecule has 2 N–H and O–H groups in total. The number of benzene rings is 2. The van der Waals surface area contributed by atoms with Gasteiger partial charge in [-0.25, -0.2) is 4.98 Å². The van der Waals surface area contributed by atoms with Crippen molar-refractivity contribution >= 4 is 5.91 Å². The molecule has 0 aliphatic rings. The van der Waals surface area contributed by atoms with Gasteiger partial charge in [-0.15, -0.1) is 0 Å². The fourth-order valence-electron chi connectivity index (χ4n) is 2.70. The Morgan fingerprint density at radius 1 is 1.07 bits per heavy atom. The first kappa shape index (κ1) is 18.6. The van der Waals surface area contributed by atoms with Crippen molar-refractivity contribution in [3.05, 3.63) is 65.5 Å². The largest absolute Gasteiger partial charge is 0.497 e. The second-order valence-corrected chi connectivity index (χ2v) is 6.42. The van der Waals surface area contributed by atoms with Gasteiger partial charge in [0.05, 0.1) is 7.11 Å². The van der Waals surface area contributed by atoms with Gasteiger partial charge in [-0.3, -0.25) is 9.89 Å². The van der Waals surface area contributed by atoms with Crippen LogP contribution in [-0.4, -0.2) is 34.7 Å². The summed E-state index contributed by atoms with van der Waals surface area (Å²) >= 11 is 0. The number of carbonyl (C=O) groups excluding carboxylic acids is 1. The first-order valence-electron chi connectivity index (χ1n) is 9.02. The predicted octanol–water partition coefficient (Wildman–Crippen LogP) is 3.08. The fourth-order valence-corrected chi connectivity index (χ4v) is 2.70. The lowest BCUT2D eigenvalue weighted by atomic mass is 10.1. The summed E-state index contributed by atoms with van der Waals surface area (Å²) in [6.07, 6.45) is 1.78. The van der Waals surface area contributed by atoms with Gasteiger partial charge in [0.2, 0.25) is 5.91 Å². The van der Waals surface area contributed by atoms with Crippen molar-refractivity contribution in [2.45, 2.75) is 26.2 Å². The third kappa shape index (κ3) is 5.41. The van der Waals surface area contributed by atoms with E-state index < -0.39 is 0 Å². The SMILES string of the molecule is COc1ccc(CCC(=O)NCCc2nc(-c3ccc(C)cc3)n[nH]2)cc1. The Kier molecular flexibility index (Phi) is 6.20. The van der Waals surface area contributed by atoms with Gasteiger partial charge in [0.15, 0.2) is 5.82 Å². The molecule has 1 heterocycles. The molecule has 2 aromatic carbocycles. The van der Waals surface area contributed by atoms with Gasteiger partial charge in [-0.05, 0) is 31.0 Å². The Labute approximate surface area is 159 Å². The summed E-state index contributed by atoms with van der Waals surface area (Å²) in [7, 11) is 1.64. The average Bonchev–Trinajstić information content (AvgIpc) is 3.16. The minimum atomic E-state index is 0.0316. The normalized spacial score (nSPS) is 10.6. The van der Waals surface area contributed by atoms with Crippen molar-refractivity contribution in [1.82, 2.24) is 20.5 Å². The Morgan fingerprint density at radius 2 is 1.81 bits per heavy atom. The standard InChI is InChI=1S/C21H24N4O2/c1-15-3-8-17(9-4-15)21-23-19(24-25-21)13-14-22-20(26)12-7-16-5-10-18(27-2)11-6-16/h3-6,8-11H,7,12-14H2,1-2H3,(H,22,26)(H,23,24,25). The van der Waals surface area contributed by atoms with Crippen LogP contribution in [0.5, 0.6) is 5.75 Å². The summed E-state index contributed by atoms with van der Waals surface area (Å²) in [5, 5.41) is 10.1. The summed E-state index contributed by atoms with van der Waals surface area (Å²) in [4.78, 5) is 16.5. The van der Waals surface area contributed by atoms with E-state index in [1.807, 2.05) is 55.5 Å². The molecule has 0 radical (unpaired) electrons. The van der Waals surface area contributed by atoms with Crippen LogP contribution in [0.3, 0.4) is 0 Å². The van der Waals surface area contributed by atoms with E-state index in [4.69, 9.17) is 4.74 Å². The van der Waals surface area contributed by atoms with Crippen molar-refractivity contribution in [2.24, 2.45) is 0 Å². The van der Waals surface area contributed by atoms with Crippen LogP contribution in [0.2, 0.25) is 0 Å². The van der Waals surface area contributed by atoms with E-state index in [2.05, 4.69) is 20.5 Å². The Morgan fingerprint density at radius 3 is 2.52 bits per heavy atom. The number of ether oxygens (including phenoxy) is 1. The molecule has 1 aromatic heterocycles. The lowest BCUT2D eigenvalue weighted by Gasteiger charge is -2.05. The van der Waals surface area contributed by atoms with Gasteiger partial charge in [0, 0.05) is 24.9 Å². The Bertz CT molecular complexity index is 870. The smallest absolute Gasteiger partial charge is 0.220 e. The molecule has 0 spiro atoms. The first-order valence-corrected chi connectivity index (χ1v) is 9.02. The number of aromatic amines is 1. The van der Waals surface area contributed by atoms with Gasteiger partial charge < -0.3 is 10.1 Å². The van der Waals surface area contributed by atoms with Crippen LogP contribution in [0, 0.1) is 6.92 Å². The highest BCUT2D eigenvalue weighted by atomic mass is 16.5. The summed E-state index contributed by atoms with van der Waals surface area (Å²) in [6.45, 7) is 2.58. The molecule has 27 heavy (non-hydrogen) atoms. The minimum absolute atomic E-state index is 0.0316. The zero-order valence-corrected chi connectivity index (χ0v) is 15.7. The number of hydrogen-bond donors (Lipinski definition) is 2. The number of rotatable bonds is 8. The van der Waals surface area contributed by atoms with Crippen LogP contribution in [0.25, 0.3) is 11.4 Å². The van der Waals surface area contributed by atoms with Crippen molar-refractivity contribution in [3.8, 4) is 17.1 Å². The van der Waals surface area contributed by atoms with E-state index in [0.29, 0.717) is 31.6 Å². The number of aromatic nitrogens is 3. The van der Waals surface area contributed by atoms with Gasteiger partial charge in [0.1, 0.15) is 11.6 Å². The van der Waals surface area contributed by atoms with Crippen LogP contribution in [0.15, 0.2) is 48.5 Å². The zero-order valence-electron chi connectivity index (χ0n) is 15.7. The van der Waals surface area contributed by atoms with Gasteiger partial charge >= 0.3 is 0 Å². The number of aryl methyl sites for hydroxylation is 2. The lowest BCUT2D eigenvalue weighted by Crippen LogP contribution is -2.26. The molecule has 0 aliphatic carbocycles. The van der Waals surface area contributed by atoms with E-state index in [1.54, 1.807) is 7.11 Å². The number of nitrogens with one attached hydrogen (secondary N) is 2. The second-order valence-electron chi connectivity index (χ2n) is 6.42. The number of methoxy groups -OCH3 is 1. The summed E-state index contributed by atoms with van der Waals surface area (Å²) < 4.78 is 5.13. The molecule has 0 saturated heterocycles. The van der Waals surface area contributed by atoms with Crippen molar-refractivity contribution in [1.29, 1.82) is 0 Å². The topological polar surface area (TPSA) is 79.9 Å². The third-order valence-electron chi connectivity index (χ3n) is 4.33. The molecule has 0 saturated carbocycles. The Balaban J connectivity index is 1.41. The second kappa shape index (κ2) is 8.98. The van der Waals surface area contributed by atoms with E-state index in [9.17, 15) is 4.79 Å². The highest BCUT2D eigenvalue weighted by Crippen LogP contribution is 2.15. The molecule has 6 nitrogen and oxygen atoms in total. The number of nitrogens with zero attached hydrogens (tertiary/aromatic N) is 2. The van der Waals surface area contributed by atoms with Crippen LogP contribution in [0.4, 0.5) is 0 Å². The van der Waals surface area contributed by atoms with Crippen LogP contribution < -0.4 is 10.1 Å². The first-order chi connectivity index (χ1) is 13.1. The monoisotopic (exact) mass is 364 g/mol. The third-order valence-corrected chi connectivity index (χ3v) is 4.33. The maximum atomic E-state index is 12.0. The number of H-pyrrole nitrogens is 1. The zero-order chi connectivity index (χ0) is 19.1.